The van der Waals surface area contributed by atoms with Gasteiger partial charge in [-0.25, -0.2) is 0 Å². The monoisotopic (exact) mass is 239 g/mol. The molecule has 0 radical (unpaired) electrons. The second kappa shape index (κ2) is 5.69. The SMILES string of the molecule is COc1cccc(Cn2ccccc2=NC#N)c1. The topological polar surface area (TPSA) is 50.3 Å². The molecular weight excluding hydrogens is 226 g/mol. The highest BCUT2D eigenvalue weighted by molar-refractivity contribution is 5.28. The number of hydrogen-bond donors (Lipinski definition) is 0. The molecule has 0 amide bonds. The maximum Gasteiger partial charge on any atom is 0.207 e. The Bertz CT molecular complexity index is 638. The van der Waals surface area contributed by atoms with Crippen molar-refractivity contribution in [3.8, 4) is 11.9 Å². The lowest BCUT2D eigenvalue weighted by Gasteiger charge is -2.08. The van der Waals surface area contributed by atoms with Gasteiger partial charge < -0.3 is 9.30 Å². The van der Waals surface area contributed by atoms with E-state index in [0.29, 0.717) is 12.0 Å². The van der Waals surface area contributed by atoms with E-state index in [2.05, 4.69) is 4.99 Å². The lowest BCUT2D eigenvalue weighted by molar-refractivity contribution is 0.414. The second-order valence-corrected chi connectivity index (χ2v) is 3.75. The van der Waals surface area contributed by atoms with E-state index in [9.17, 15) is 0 Å². The molecule has 4 nitrogen and oxygen atoms in total. The van der Waals surface area contributed by atoms with Gasteiger partial charge in [-0.2, -0.15) is 10.3 Å². The molecular formula is C14H13N3O. The van der Waals surface area contributed by atoms with Gasteiger partial charge in [0, 0.05) is 12.7 Å². The summed E-state index contributed by atoms with van der Waals surface area (Å²) < 4.78 is 7.10. The number of benzene rings is 1. The fourth-order valence-corrected chi connectivity index (χ4v) is 1.72. The second-order valence-electron chi connectivity index (χ2n) is 3.75. The number of nitriles is 1. The highest BCUT2D eigenvalue weighted by atomic mass is 16.5. The molecule has 4 heteroatoms. The summed E-state index contributed by atoms with van der Waals surface area (Å²) in [7, 11) is 1.64. The van der Waals surface area contributed by atoms with Gasteiger partial charge in [0.2, 0.25) is 6.19 Å². The number of pyridine rings is 1. The van der Waals surface area contributed by atoms with Crippen molar-refractivity contribution in [1.29, 1.82) is 5.26 Å². The molecule has 0 saturated carbocycles. The third-order valence-electron chi connectivity index (χ3n) is 2.57. The highest BCUT2D eigenvalue weighted by Crippen LogP contribution is 2.12. The molecule has 0 saturated heterocycles. The Balaban J connectivity index is 2.34. The Kier molecular flexibility index (Phi) is 3.77. The first-order valence-corrected chi connectivity index (χ1v) is 5.54. The zero-order valence-corrected chi connectivity index (χ0v) is 10.1. The molecule has 0 N–H and O–H groups in total. The molecule has 0 aliphatic heterocycles. The van der Waals surface area contributed by atoms with Crippen molar-refractivity contribution < 1.29 is 4.74 Å². The fraction of sp³-hybridized carbons (Fsp3) is 0.143. The van der Waals surface area contributed by atoms with E-state index in [1.165, 1.54) is 0 Å². The summed E-state index contributed by atoms with van der Waals surface area (Å²) in [6.45, 7) is 0.651. The Morgan fingerprint density at radius 3 is 2.94 bits per heavy atom. The van der Waals surface area contributed by atoms with Crippen LogP contribution in [0.1, 0.15) is 5.56 Å². The number of nitrogens with zero attached hydrogens (tertiary/aromatic N) is 3. The lowest BCUT2D eigenvalue weighted by atomic mass is 10.2. The zero-order chi connectivity index (χ0) is 12.8. The van der Waals surface area contributed by atoms with Crippen molar-refractivity contribution in [2.24, 2.45) is 4.99 Å². The molecule has 0 spiro atoms. The van der Waals surface area contributed by atoms with Crippen molar-refractivity contribution in [3.63, 3.8) is 0 Å². The molecule has 0 atom stereocenters. The van der Waals surface area contributed by atoms with Crippen LogP contribution in [0, 0.1) is 11.5 Å². The normalized spacial score (nSPS) is 11.0. The van der Waals surface area contributed by atoms with Gasteiger partial charge in [-0.05, 0) is 29.8 Å². The van der Waals surface area contributed by atoms with Crippen LogP contribution in [-0.2, 0) is 6.54 Å². The maximum atomic E-state index is 8.64. The van der Waals surface area contributed by atoms with Crippen molar-refractivity contribution in [1.82, 2.24) is 4.57 Å². The lowest BCUT2D eigenvalue weighted by Crippen LogP contribution is -2.19. The van der Waals surface area contributed by atoms with Crippen LogP contribution >= 0.6 is 0 Å². The van der Waals surface area contributed by atoms with Crippen molar-refractivity contribution >= 4 is 0 Å². The molecule has 0 fully saturated rings. The quantitative estimate of drug-likeness (QED) is 0.768. The standard InChI is InChI=1S/C14H13N3O/c1-18-13-6-4-5-12(9-13)10-17-8-3-2-7-14(17)16-11-15/h2-9H,10H2,1H3. The molecule has 1 aromatic carbocycles. The Hall–Kier alpha value is -2.54. The first kappa shape index (κ1) is 11.9. The number of rotatable bonds is 3. The van der Waals surface area contributed by atoms with Gasteiger partial charge in [0.1, 0.15) is 11.2 Å². The van der Waals surface area contributed by atoms with Gasteiger partial charge in [-0.15, -0.1) is 0 Å². The van der Waals surface area contributed by atoms with Gasteiger partial charge in [-0.3, -0.25) is 0 Å². The van der Waals surface area contributed by atoms with Crippen LogP contribution in [0.25, 0.3) is 0 Å². The average Bonchev–Trinajstić information content (AvgIpc) is 2.41. The first-order chi connectivity index (χ1) is 8.83. The van der Waals surface area contributed by atoms with Gasteiger partial charge >= 0.3 is 0 Å². The van der Waals surface area contributed by atoms with E-state index in [4.69, 9.17) is 10.00 Å². The van der Waals surface area contributed by atoms with Crippen LogP contribution < -0.4 is 10.2 Å². The van der Waals surface area contributed by atoms with Crippen LogP contribution in [-0.4, -0.2) is 11.7 Å². The average molecular weight is 239 g/mol. The molecule has 0 unspecified atom stereocenters. The molecule has 0 aliphatic carbocycles. The van der Waals surface area contributed by atoms with Gasteiger partial charge in [0.15, 0.2) is 0 Å². The van der Waals surface area contributed by atoms with Crippen molar-refractivity contribution in [2.75, 3.05) is 7.11 Å². The predicted octanol–water partition coefficient (Wildman–Crippen LogP) is 1.93. The zero-order valence-electron chi connectivity index (χ0n) is 10.1. The Morgan fingerprint density at radius 1 is 1.28 bits per heavy atom. The molecule has 1 aromatic heterocycles. The number of methoxy groups -OCH3 is 1. The van der Waals surface area contributed by atoms with Crippen molar-refractivity contribution in [2.45, 2.75) is 6.54 Å². The minimum absolute atomic E-state index is 0.641. The van der Waals surface area contributed by atoms with E-state index in [1.54, 1.807) is 7.11 Å². The predicted molar refractivity (Wildman–Crippen MR) is 67.7 cm³/mol. The largest absolute Gasteiger partial charge is 0.497 e. The Labute approximate surface area is 105 Å². The molecule has 1 heterocycles. The summed E-state index contributed by atoms with van der Waals surface area (Å²) in [6.07, 6.45) is 3.71. The van der Waals surface area contributed by atoms with Crippen LogP contribution in [0.4, 0.5) is 0 Å². The minimum Gasteiger partial charge on any atom is -0.497 e. The minimum atomic E-state index is 0.641. The number of aromatic nitrogens is 1. The molecule has 18 heavy (non-hydrogen) atoms. The van der Waals surface area contributed by atoms with Crippen LogP contribution in [0.3, 0.4) is 0 Å². The molecule has 90 valence electrons. The summed E-state index contributed by atoms with van der Waals surface area (Å²) in [6, 6.07) is 13.4. The van der Waals surface area contributed by atoms with Crippen LogP contribution in [0.2, 0.25) is 0 Å². The van der Waals surface area contributed by atoms with Crippen LogP contribution in [0.15, 0.2) is 53.7 Å². The first-order valence-electron chi connectivity index (χ1n) is 5.54. The smallest absolute Gasteiger partial charge is 0.207 e. The summed E-state index contributed by atoms with van der Waals surface area (Å²) in [5, 5.41) is 8.64. The van der Waals surface area contributed by atoms with Crippen LogP contribution in [0.5, 0.6) is 5.75 Å². The third kappa shape index (κ3) is 2.77. The van der Waals surface area contributed by atoms with Gasteiger partial charge in [0.25, 0.3) is 0 Å². The maximum absolute atomic E-state index is 8.64. The Morgan fingerprint density at radius 2 is 2.17 bits per heavy atom. The number of ether oxygens (including phenoxy) is 1. The summed E-state index contributed by atoms with van der Waals surface area (Å²) >= 11 is 0. The van der Waals surface area contributed by atoms with E-state index in [1.807, 2.05) is 59.4 Å². The van der Waals surface area contributed by atoms with Crippen molar-refractivity contribution in [3.05, 3.63) is 59.7 Å². The van der Waals surface area contributed by atoms with E-state index in [0.717, 1.165) is 11.3 Å². The van der Waals surface area contributed by atoms with E-state index >= 15 is 0 Å². The van der Waals surface area contributed by atoms with E-state index < -0.39 is 0 Å². The highest BCUT2D eigenvalue weighted by Gasteiger charge is 1.98. The molecule has 2 rings (SSSR count). The molecule has 0 bridgehead atoms. The summed E-state index contributed by atoms with van der Waals surface area (Å²) in [5.74, 6) is 0.822. The van der Waals surface area contributed by atoms with Gasteiger partial charge in [-0.1, -0.05) is 18.2 Å². The number of hydrogen-bond acceptors (Lipinski definition) is 3. The summed E-state index contributed by atoms with van der Waals surface area (Å²) in [4.78, 5) is 3.78. The third-order valence-corrected chi connectivity index (χ3v) is 2.57. The fourth-order valence-electron chi connectivity index (χ4n) is 1.72. The molecule has 2 aromatic rings. The molecule has 0 aliphatic rings. The summed E-state index contributed by atoms with van der Waals surface area (Å²) in [5.41, 5.74) is 1.74. The van der Waals surface area contributed by atoms with Gasteiger partial charge in [0.05, 0.1) is 7.11 Å². The van der Waals surface area contributed by atoms with E-state index in [-0.39, 0.29) is 0 Å².